The largest absolute Gasteiger partial charge is 0.494 e. The normalized spacial score (nSPS) is 15.4. The molecular weight excluding hydrogens is 398 g/mol. The molecule has 0 saturated heterocycles. The fourth-order valence-electron chi connectivity index (χ4n) is 3.14. The van der Waals surface area contributed by atoms with Crippen LogP contribution in [0.15, 0.2) is 24.5 Å². The van der Waals surface area contributed by atoms with Crippen LogP contribution in [0.2, 0.25) is 5.15 Å². The third-order valence-corrected chi connectivity index (χ3v) is 5.75. The number of methoxy groups -OCH3 is 1. The molecule has 4 heterocycles. The molecular formula is C19H18ClN5O2S. The van der Waals surface area contributed by atoms with Gasteiger partial charge < -0.3 is 10.1 Å². The number of hydrogen-bond donors (Lipinski definition) is 2. The lowest BCUT2D eigenvalue weighted by Crippen LogP contribution is -2.15. The van der Waals surface area contributed by atoms with Crippen molar-refractivity contribution in [1.29, 1.82) is 0 Å². The average Bonchev–Trinajstić information content (AvgIpc) is 3.23. The molecule has 9 heteroatoms. The van der Waals surface area contributed by atoms with E-state index in [1.165, 1.54) is 17.5 Å². The number of halogens is 1. The number of fused-ring (bicyclic) bond motifs is 1. The average molecular weight is 416 g/mol. The first-order chi connectivity index (χ1) is 13.5. The van der Waals surface area contributed by atoms with Crippen molar-refractivity contribution in [2.24, 2.45) is 0 Å². The van der Waals surface area contributed by atoms with Gasteiger partial charge in [-0.15, -0.1) is 11.3 Å². The first kappa shape index (κ1) is 18.8. The van der Waals surface area contributed by atoms with E-state index >= 15 is 0 Å². The molecule has 0 saturated carbocycles. The molecule has 1 unspecified atom stereocenters. The van der Waals surface area contributed by atoms with Gasteiger partial charge in [-0.1, -0.05) is 11.6 Å². The lowest BCUT2D eigenvalue weighted by atomic mass is 10.0. The molecule has 1 aliphatic heterocycles. The van der Waals surface area contributed by atoms with E-state index in [2.05, 4.69) is 32.5 Å². The zero-order valence-electron chi connectivity index (χ0n) is 15.5. The van der Waals surface area contributed by atoms with Gasteiger partial charge in [-0.05, 0) is 26.0 Å². The van der Waals surface area contributed by atoms with E-state index < -0.39 is 0 Å². The maximum Gasteiger partial charge on any atom is 0.259 e. The van der Waals surface area contributed by atoms with Gasteiger partial charge in [0.25, 0.3) is 5.91 Å². The van der Waals surface area contributed by atoms with Crippen LogP contribution in [0.1, 0.15) is 39.6 Å². The first-order valence-electron chi connectivity index (χ1n) is 8.67. The van der Waals surface area contributed by atoms with Crippen LogP contribution in [-0.4, -0.2) is 28.0 Å². The van der Waals surface area contributed by atoms with Crippen LogP contribution in [0.25, 0.3) is 11.1 Å². The molecule has 3 aromatic heterocycles. The highest BCUT2D eigenvalue weighted by atomic mass is 35.5. The SMILES string of the molecule is COc1cnc(Cl)cc1-c1cc(C)ncc1C(=O)Nc1nc2c(s1)CNC2C. The molecule has 1 atom stereocenters. The van der Waals surface area contributed by atoms with E-state index in [9.17, 15) is 4.79 Å². The van der Waals surface area contributed by atoms with Gasteiger partial charge in [-0.25, -0.2) is 9.97 Å². The van der Waals surface area contributed by atoms with Crippen LogP contribution in [0.5, 0.6) is 5.75 Å². The summed E-state index contributed by atoms with van der Waals surface area (Å²) >= 11 is 7.57. The zero-order chi connectivity index (χ0) is 19.8. The van der Waals surface area contributed by atoms with Crippen LogP contribution in [-0.2, 0) is 6.54 Å². The lowest BCUT2D eigenvalue weighted by molar-refractivity contribution is 0.102. The number of carbonyl (C=O) groups is 1. The predicted octanol–water partition coefficient (Wildman–Crippen LogP) is 3.99. The monoisotopic (exact) mass is 415 g/mol. The Morgan fingerprint density at radius 2 is 2.14 bits per heavy atom. The second-order valence-electron chi connectivity index (χ2n) is 6.46. The Morgan fingerprint density at radius 3 is 2.89 bits per heavy atom. The van der Waals surface area contributed by atoms with E-state index in [0.717, 1.165) is 22.8 Å². The minimum Gasteiger partial charge on any atom is -0.494 e. The van der Waals surface area contributed by atoms with Gasteiger partial charge in [-0.3, -0.25) is 15.1 Å². The molecule has 0 fully saturated rings. The van der Waals surface area contributed by atoms with E-state index in [4.69, 9.17) is 16.3 Å². The molecule has 0 bridgehead atoms. The summed E-state index contributed by atoms with van der Waals surface area (Å²) in [6, 6.07) is 3.70. The number of amides is 1. The van der Waals surface area contributed by atoms with Gasteiger partial charge in [0.1, 0.15) is 10.9 Å². The Bertz CT molecular complexity index is 1070. The molecule has 2 N–H and O–H groups in total. The van der Waals surface area contributed by atoms with Crippen molar-refractivity contribution in [3.63, 3.8) is 0 Å². The molecule has 0 aromatic carbocycles. The summed E-state index contributed by atoms with van der Waals surface area (Å²) in [6.45, 7) is 4.69. The zero-order valence-corrected chi connectivity index (χ0v) is 17.1. The number of pyridine rings is 2. The topological polar surface area (TPSA) is 89.0 Å². The molecule has 144 valence electrons. The van der Waals surface area contributed by atoms with Gasteiger partial charge in [0, 0.05) is 40.5 Å². The second-order valence-corrected chi connectivity index (χ2v) is 7.93. The molecule has 1 amide bonds. The highest BCUT2D eigenvalue weighted by Crippen LogP contribution is 2.35. The quantitative estimate of drug-likeness (QED) is 0.626. The number of aryl methyl sites for hydroxylation is 1. The number of ether oxygens (including phenoxy) is 1. The summed E-state index contributed by atoms with van der Waals surface area (Å²) in [5.41, 5.74) is 3.52. The van der Waals surface area contributed by atoms with E-state index in [0.29, 0.717) is 32.7 Å². The Hall–Kier alpha value is -2.55. The Balaban J connectivity index is 1.71. The highest BCUT2D eigenvalue weighted by Gasteiger charge is 2.24. The Labute approximate surface area is 171 Å². The number of hydrogen-bond acceptors (Lipinski definition) is 7. The van der Waals surface area contributed by atoms with Crippen molar-refractivity contribution in [2.45, 2.75) is 26.4 Å². The molecule has 0 aliphatic carbocycles. The number of nitrogens with one attached hydrogen (secondary N) is 2. The van der Waals surface area contributed by atoms with Gasteiger partial charge >= 0.3 is 0 Å². The van der Waals surface area contributed by atoms with Gasteiger partial charge in [0.15, 0.2) is 5.13 Å². The minimum absolute atomic E-state index is 0.191. The predicted molar refractivity (Wildman–Crippen MR) is 109 cm³/mol. The van der Waals surface area contributed by atoms with E-state index in [1.807, 2.05) is 13.0 Å². The summed E-state index contributed by atoms with van der Waals surface area (Å²) in [4.78, 5) is 27.1. The van der Waals surface area contributed by atoms with Crippen LogP contribution in [0.3, 0.4) is 0 Å². The van der Waals surface area contributed by atoms with Gasteiger partial charge in [0.2, 0.25) is 0 Å². The Kier molecular flexibility index (Phi) is 5.01. The number of thiazole rings is 1. The summed E-state index contributed by atoms with van der Waals surface area (Å²) < 4.78 is 5.41. The number of anilines is 1. The van der Waals surface area contributed by atoms with Crippen molar-refractivity contribution in [3.8, 4) is 16.9 Å². The maximum absolute atomic E-state index is 13.0. The van der Waals surface area contributed by atoms with Crippen LogP contribution in [0, 0.1) is 6.92 Å². The first-order valence-corrected chi connectivity index (χ1v) is 9.86. The lowest BCUT2D eigenvalue weighted by Gasteiger charge is -2.13. The second kappa shape index (κ2) is 7.46. The van der Waals surface area contributed by atoms with Crippen molar-refractivity contribution in [3.05, 3.63) is 51.5 Å². The van der Waals surface area contributed by atoms with Crippen LogP contribution >= 0.6 is 22.9 Å². The van der Waals surface area contributed by atoms with Crippen molar-refractivity contribution >= 4 is 34.0 Å². The number of nitrogens with zero attached hydrogens (tertiary/aromatic N) is 3. The van der Waals surface area contributed by atoms with Crippen molar-refractivity contribution in [1.82, 2.24) is 20.3 Å². The molecule has 0 radical (unpaired) electrons. The fraction of sp³-hybridized carbons (Fsp3) is 0.263. The summed E-state index contributed by atoms with van der Waals surface area (Å²) in [6.07, 6.45) is 3.09. The minimum atomic E-state index is -0.287. The molecule has 7 nitrogen and oxygen atoms in total. The van der Waals surface area contributed by atoms with E-state index in [1.54, 1.807) is 19.4 Å². The Morgan fingerprint density at radius 1 is 1.32 bits per heavy atom. The standard InChI is InChI=1S/C19H18ClN5O2S/c1-9-4-11(12-5-16(20)23-7-14(12)27-3)13(6-21-9)18(26)25-19-24-17-10(2)22-8-15(17)28-19/h4-7,10,22H,8H2,1-3H3,(H,24,25,26). The maximum atomic E-state index is 13.0. The molecule has 4 rings (SSSR count). The molecule has 1 aliphatic rings. The summed E-state index contributed by atoms with van der Waals surface area (Å²) in [5.74, 6) is 0.239. The molecule has 0 spiro atoms. The summed E-state index contributed by atoms with van der Waals surface area (Å²) in [5, 5.41) is 7.12. The van der Waals surface area contributed by atoms with Gasteiger partial charge in [-0.2, -0.15) is 0 Å². The number of carbonyl (C=O) groups excluding carboxylic acids is 1. The number of aromatic nitrogens is 3. The number of rotatable bonds is 4. The van der Waals surface area contributed by atoms with Gasteiger partial charge in [0.05, 0.1) is 24.6 Å². The smallest absolute Gasteiger partial charge is 0.259 e. The van der Waals surface area contributed by atoms with Crippen LogP contribution < -0.4 is 15.4 Å². The van der Waals surface area contributed by atoms with Crippen LogP contribution in [0.4, 0.5) is 5.13 Å². The van der Waals surface area contributed by atoms with E-state index in [-0.39, 0.29) is 11.9 Å². The summed E-state index contributed by atoms with van der Waals surface area (Å²) in [7, 11) is 1.55. The molecule has 28 heavy (non-hydrogen) atoms. The third kappa shape index (κ3) is 3.46. The fourth-order valence-corrected chi connectivity index (χ4v) is 4.30. The van der Waals surface area contributed by atoms with Crippen molar-refractivity contribution < 1.29 is 9.53 Å². The highest BCUT2D eigenvalue weighted by molar-refractivity contribution is 7.16. The molecule has 3 aromatic rings. The third-order valence-electron chi connectivity index (χ3n) is 4.56. The van der Waals surface area contributed by atoms with Crippen molar-refractivity contribution in [2.75, 3.05) is 12.4 Å².